The molecule has 1 fully saturated rings. The Kier molecular flexibility index (Phi) is 5.46. The van der Waals surface area contributed by atoms with Gasteiger partial charge in [-0.3, -0.25) is 4.79 Å². The number of hydrogen-bond acceptors (Lipinski definition) is 4. The average Bonchev–Trinajstić information content (AvgIpc) is 3.16. The first-order chi connectivity index (χ1) is 11.7. The van der Waals surface area contributed by atoms with Gasteiger partial charge in [0, 0.05) is 6.54 Å². The van der Waals surface area contributed by atoms with Gasteiger partial charge in [-0.05, 0) is 37.8 Å². The van der Waals surface area contributed by atoms with Crippen molar-refractivity contribution in [2.24, 2.45) is 5.92 Å². The Morgan fingerprint density at radius 3 is 2.71 bits per heavy atom. The Bertz CT molecular complexity index is 649. The highest BCUT2D eigenvalue weighted by Gasteiger charge is 2.17. The van der Waals surface area contributed by atoms with E-state index in [-0.39, 0.29) is 5.91 Å². The van der Waals surface area contributed by atoms with E-state index in [0.29, 0.717) is 0 Å². The number of benzene rings is 1. The van der Waals surface area contributed by atoms with Crippen molar-refractivity contribution in [1.29, 1.82) is 0 Å². The molecule has 1 atom stereocenters. The third-order valence-electron chi connectivity index (χ3n) is 4.70. The van der Waals surface area contributed by atoms with Crippen LogP contribution in [0, 0.1) is 5.92 Å². The molecule has 0 radical (unpaired) electrons. The maximum Gasteiger partial charge on any atom is 0.249 e. The largest absolute Gasteiger partial charge is 0.383 e. The van der Waals surface area contributed by atoms with Gasteiger partial charge in [0.1, 0.15) is 18.7 Å². The molecule has 24 heavy (non-hydrogen) atoms. The summed E-state index contributed by atoms with van der Waals surface area (Å²) in [4.78, 5) is 16.3. The molecule has 1 aromatic heterocycles. The number of aromatic nitrogens is 3. The van der Waals surface area contributed by atoms with Gasteiger partial charge in [0.2, 0.25) is 5.91 Å². The van der Waals surface area contributed by atoms with Crippen molar-refractivity contribution in [3.63, 3.8) is 0 Å². The summed E-state index contributed by atoms with van der Waals surface area (Å²) < 4.78 is 1.55. The minimum Gasteiger partial charge on any atom is -0.383 e. The van der Waals surface area contributed by atoms with Crippen molar-refractivity contribution < 1.29 is 4.79 Å². The second-order valence-electron chi connectivity index (χ2n) is 6.47. The Morgan fingerprint density at radius 2 is 2.00 bits per heavy atom. The summed E-state index contributed by atoms with van der Waals surface area (Å²) in [6.45, 7) is 2.77. The molecular weight excluding hydrogens is 302 g/mol. The normalized spacial score (nSPS) is 16.5. The average molecular weight is 327 g/mol. The second kappa shape index (κ2) is 7.95. The number of hydrogen-bond donors (Lipinski definition) is 2. The van der Waals surface area contributed by atoms with Crippen LogP contribution in [0.5, 0.6) is 0 Å². The van der Waals surface area contributed by atoms with Crippen molar-refractivity contribution in [1.82, 2.24) is 14.8 Å². The maximum atomic E-state index is 12.4. The van der Waals surface area contributed by atoms with Crippen LogP contribution in [0.3, 0.4) is 0 Å². The van der Waals surface area contributed by atoms with Crippen LogP contribution >= 0.6 is 0 Å². The van der Waals surface area contributed by atoms with Crippen molar-refractivity contribution in [2.45, 2.75) is 45.1 Å². The van der Waals surface area contributed by atoms with Crippen LogP contribution in [0.15, 0.2) is 36.9 Å². The minimum absolute atomic E-state index is 0.104. The molecule has 1 aliphatic carbocycles. The van der Waals surface area contributed by atoms with Gasteiger partial charge in [-0.1, -0.05) is 31.4 Å². The summed E-state index contributed by atoms with van der Waals surface area (Å²) >= 11 is 0. The van der Waals surface area contributed by atoms with Crippen LogP contribution in [-0.4, -0.2) is 27.2 Å². The first-order valence-electron chi connectivity index (χ1n) is 8.72. The van der Waals surface area contributed by atoms with Crippen LogP contribution in [0.2, 0.25) is 0 Å². The van der Waals surface area contributed by atoms with Crippen molar-refractivity contribution in [2.75, 3.05) is 17.2 Å². The van der Waals surface area contributed by atoms with E-state index >= 15 is 0 Å². The lowest BCUT2D eigenvalue weighted by Gasteiger charge is -2.23. The number of anilines is 2. The molecule has 1 saturated carbocycles. The third kappa shape index (κ3) is 4.13. The molecule has 0 aliphatic heterocycles. The third-order valence-corrected chi connectivity index (χ3v) is 4.70. The molecule has 1 aliphatic rings. The summed E-state index contributed by atoms with van der Waals surface area (Å²) in [6.07, 6.45) is 9.61. The van der Waals surface area contributed by atoms with Gasteiger partial charge >= 0.3 is 0 Å². The molecule has 6 heteroatoms. The first kappa shape index (κ1) is 16.5. The number of carbonyl (C=O) groups excluding carboxylic acids is 1. The highest BCUT2D eigenvalue weighted by molar-refractivity contribution is 5.96. The monoisotopic (exact) mass is 327 g/mol. The standard InChI is InChI=1S/C18H25N5O/c1-14(23-13-19-12-21-23)18(24)22-17-10-6-5-9-16(17)20-11-15-7-3-2-4-8-15/h5-6,9-10,12-15,20H,2-4,7-8,11H2,1H3,(H,22,24). The van der Waals surface area contributed by atoms with Crippen LogP contribution in [-0.2, 0) is 4.79 Å². The van der Waals surface area contributed by atoms with Gasteiger partial charge in [0.05, 0.1) is 11.4 Å². The van der Waals surface area contributed by atoms with Crippen molar-refractivity contribution >= 4 is 17.3 Å². The summed E-state index contributed by atoms with van der Waals surface area (Å²) in [5.74, 6) is 0.629. The Labute approximate surface area is 142 Å². The molecule has 1 unspecified atom stereocenters. The molecule has 1 amide bonds. The predicted octanol–water partition coefficient (Wildman–Crippen LogP) is 3.47. The first-order valence-corrected chi connectivity index (χ1v) is 8.72. The molecule has 2 aromatic rings. The molecule has 6 nitrogen and oxygen atoms in total. The lowest BCUT2D eigenvalue weighted by molar-refractivity contribution is -0.119. The van der Waals surface area contributed by atoms with E-state index in [9.17, 15) is 4.79 Å². The molecule has 0 bridgehead atoms. The van der Waals surface area contributed by atoms with E-state index in [4.69, 9.17) is 0 Å². The maximum absolute atomic E-state index is 12.4. The lowest BCUT2D eigenvalue weighted by Crippen LogP contribution is -2.25. The molecule has 0 saturated heterocycles. The smallest absolute Gasteiger partial charge is 0.249 e. The van der Waals surface area contributed by atoms with E-state index < -0.39 is 6.04 Å². The predicted molar refractivity (Wildman–Crippen MR) is 94.9 cm³/mol. The van der Waals surface area contributed by atoms with Gasteiger partial charge in [-0.2, -0.15) is 5.10 Å². The Balaban J connectivity index is 1.62. The number of para-hydroxylation sites is 2. The molecule has 1 heterocycles. The Hall–Kier alpha value is -2.37. The van der Waals surface area contributed by atoms with Crippen molar-refractivity contribution in [3.8, 4) is 0 Å². The second-order valence-corrected chi connectivity index (χ2v) is 6.47. The van der Waals surface area contributed by atoms with Crippen LogP contribution in [0.4, 0.5) is 11.4 Å². The summed E-state index contributed by atoms with van der Waals surface area (Å²) in [7, 11) is 0. The highest BCUT2D eigenvalue weighted by atomic mass is 16.2. The van der Waals surface area contributed by atoms with Crippen LogP contribution in [0.25, 0.3) is 0 Å². The van der Waals surface area contributed by atoms with Gasteiger partial charge in [-0.25, -0.2) is 9.67 Å². The molecule has 1 aromatic carbocycles. The van der Waals surface area contributed by atoms with Gasteiger partial charge in [0.15, 0.2) is 0 Å². The lowest BCUT2D eigenvalue weighted by atomic mass is 9.89. The summed E-state index contributed by atoms with van der Waals surface area (Å²) in [6, 6.07) is 7.45. The van der Waals surface area contributed by atoms with E-state index in [0.717, 1.165) is 23.8 Å². The van der Waals surface area contributed by atoms with Gasteiger partial charge in [-0.15, -0.1) is 0 Å². The SMILES string of the molecule is CC(C(=O)Nc1ccccc1NCC1CCCCC1)n1cncn1. The topological polar surface area (TPSA) is 71.8 Å². The zero-order chi connectivity index (χ0) is 16.8. The minimum atomic E-state index is -0.404. The van der Waals surface area contributed by atoms with Crippen LogP contribution < -0.4 is 10.6 Å². The fourth-order valence-electron chi connectivity index (χ4n) is 3.17. The molecule has 0 spiro atoms. The number of amides is 1. The number of rotatable bonds is 6. The fourth-order valence-corrected chi connectivity index (χ4v) is 3.17. The molecule has 2 N–H and O–H groups in total. The van der Waals surface area contributed by atoms with Crippen LogP contribution in [0.1, 0.15) is 45.1 Å². The molecular formula is C18H25N5O. The van der Waals surface area contributed by atoms with E-state index in [1.165, 1.54) is 38.4 Å². The summed E-state index contributed by atoms with van der Waals surface area (Å²) in [5, 5.41) is 10.5. The fraction of sp³-hybridized carbons (Fsp3) is 0.500. The molecule has 128 valence electrons. The number of nitrogens with zero attached hydrogens (tertiary/aromatic N) is 3. The zero-order valence-electron chi connectivity index (χ0n) is 14.1. The quantitative estimate of drug-likeness (QED) is 0.852. The van der Waals surface area contributed by atoms with Gasteiger partial charge in [0.25, 0.3) is 0 Å². The Morgan fingerprint density at radius 1 is 1.25 bits per heavy atom. The highest BCUT2D eigenvalue weighted by Crippen LogP contribution is 2.26. The van der Waals surface area contributed by atoms with E-state index in [1.807, 2.05) is 31.2 Å². The van der Waals surface area contributed by atoms with E-state index in [2.05, 4.69) is 20.7 Å². The van der Waals surface area contributed by atoms with Crippen molar-refractivity contribution in [3.05, 3.63) is 36.9 Å². The van der Waals surface area contributed by atoms with Gasteiger partial charge < -0.3 is 10.6 Å². The molecule has 3 rings (SSSR count). The summed E-state index contributed by atoms with van der Waals surface area (Å²) in [5.41, 5.74) is 1.78. The number of nitrogens with one attached hydrogen (secondary N) is 2. The number of carbonyl (C=O) groups is 1. The zero-order valence-corrected chi connectivity index (χ0v) is 14.1. The van der Waals surface area contributed by atoms with E-state index in [1.54, 1.807) is 11.0 Å².